The molecule has 1 saturated heterocycles. The number of esters is 1. The van der Waals surface area contributed by atoms with Crippen LogP contribution in [0.15, 0.2) is 17.1 Å². The number of aliphatic hydroxyl groups excluding tert-OH is 1. The van der Waals surface area contributed by atoms with Gasteiger partial charge in [0, 0.05) is 19.0 Å². The van der Waals surface area contributed by atoms with Crippen molar-refractivity contribution in [2.45, 2.75) is 75.7 Å². The minimum atomic E-state index is -3.81. The number of carbonyl (C=O) groups is 2. The Balaban J connectivity index is 1.73. The Morgan fingerprint density at radius 1 is 1.19 bits per heavy atom. The van der Waals surface area contributed by atoms with E-state index in [0.29, 0.717) is 17.4 Å². The van der Waals surface area contributed by atoms with Crippen molar-refractivity contribution in [3.05, 3.63) is 22.7 Å². The van der Waals surface area contributed by atoms with Crippen molar-refractivity contribution < 1.29 is 38.1 Å². The molecule has 1 aromatic rings. The highest BCUT2D eigenvalue weighted by molar-refractivity contribution is 5.69. The lowest BCUT2D eigenvalue weighted by molar-refractivity contribution is -0.150. The monoisotopic (exact) mass is 447 g/mol. The number of carboxylic acids is 1. The van der Waals surface area contributed by atoms with Crippen molar-refractivity contribution in [3.8, 4) is 0 Å². The molecule has 0 radical (unpaired) electrons. The summed E-state index contributed by atoms with van der Waals surface area (Å²) in [7, 11) is 0. The molecule has 1 aliphatic rings. The van der Waals surface area contributed by atoms with Gasteiger partial charge in [-0.15, -0.1) is 0 Å². The quantitative estimate of drug-likeness (QED) is 0.319. The summed E-state index contributed by atoms with van der Waals surface area (Å²) >= 11 is 0. The van der Waals surface area contributed by atoms with Gasteiger partial charge in [-0.2, -0.15) is 13.8 Å². The summed E-state index contributed by atoms with van der Waals surface area (Å²) in [6.07, 6.45) is -0.266. The van der Waals surface area contributed by atoms with Gasteiger partial charge in [0.05, 0.1) is 0 Å². The van der Waals surface area contributed by atoms with E-state index in [1.807, 2.05) is 0 Å². The molecule has 10 nitrogen and oxygen atoms in total. The Morgan fingerprint density at radius 2 is 1.81 bits per heavy atom. The maximum atomic E-state index is 14.4. The summed E-state index contributed by atoms with van der Waals surface area (Å²) in [5, 5.41) is 18.4. The molecule has 2 rings (SSSR count). The van der Waals surface area contributed by atoms with E-state index in [1.54, 1.807) is 0 Å². The molecule has 12 heteroatoms. The van der Waals surface area contributed by atoms with Gasteiger partial charge in [0.25, 0.3) is 0 Å². The van der Waals surface area contributed by atoms with Crippen LogP contribution in [-0.4, -0.2) is 56.4 Å². The first-order valence-electron chi connectivity index (χ1n) is 10.1. The van der Waals surface area contributed by atoms with Crippen molar-refractivity contribution in [2.75, 3.05) is 12.3 Å². The van der Waals surface area contributed by atoms with Gasteiger partial charge in [-0.3, -0.25) is 14.2 Å². The van der Waals surface area contributed by atoms with Gasteiger partial charge in [0.2, 0.25) is 6.23 Å². The van der Waals surface area contributed by atoms with Crippen LogP contribution in [0.25, 0.3) is 0 Å². The van der Waals surface area contributed by atoms with Crippen molar-refractivity contribution in [3.63, 3.8) is 0 Å². The first kappa shape index (κ1) is 24.7. The number of aliphatic carboxylic acids is 1. The van der Waals surface area contributed by atoms with Crippen LogP contribution in [0.3, 0.4) is 0 Å². The second kappa shape index (κ2) is 11.1. The van der Waals surface area contributed by atoms with E-state index in [-0.39, 0.29) is 18.7 Å². The van der Waals surface area contributed by atoms with E-state index in [2.05, 4.69) is 4.98 Å². The summed E-state index contributed by atoms with van der Waals surface area (Å²) in [5.74, 6) is -5.38. The Hall–Kier alpha value is -2.60. The van der Waals surface area contributed by atoms with E-state index < -0.39 is 48.6 Å². The van der Waals surface area contributed by atoms with Gasteiger partial charge in [0.15, 0.2) is 6.10 Å². The Kier molecular flexibility index (Phi) is 8.87. The van der Waals surface area contributed by atoms with Crippen molar-refractivity contribution in [2.24, 2.45) is 0 Å². The van der Waals surface area contributed by atoms with Crippen LogP contribution < -0.4 is 11.4 Å². The first-order chi connectivity index (χ1) is 14.6. The predicted molar refractivity (Wildman–Crippen MR) is 103 cm³/mol. The third-order valence-corrected chi connectivity index (χ3v) is 4.91. The predicted octanol–water partition coefficient (Wildman–Crippen LogP) is 1.47. The van der Waals surface area contributed by atoms with Crippen LogP contribution in [0.5, 0.6) is 0 Å². The zero-order chi connectivity index (χ0) is 23.0. The van der Waals surface area contributed by atoms with Crippen molar-refractivity contribution in [1.82, 2.24) is 9.55 Å². The summed E-state index contributed by atoms with van der Waals surface area (Å²) < 4.78 is 39.4. The molecule has 0 spiro atoms. The normalized spacial score (nSPS) is 22.4. The van der Waals surface area contributed by atoms with E-state index in [9.17, 15) is 28.3 Å². The van der Waals surface area contributed by atoms with Crippen molar-refractivity contribution in [1.29, 1.82) is 0 Å². The van der Waals surface area contributed by atoms with Gasteiger partial charge >= 0.3 is 23.6 Å². The first-order valence-corrected chi connectivity index (χ1v) is 10.1. The number of halogens is 2. The Morgan fingerprint density at radius 3 is 2.42 bits per heavy atom. The number of alkyl halides is 2. The SMILES string of the molecule is Nc1ccn([C@@H]2O[C@H](COC(=O)CCCCCCCCC(=O)O)[C@@H](O)C2(F)F)c(=O)n1. The highest BCUT2D eigenvalue weighted by Crippen LogP contribution is 2.42. The number of nitrogens with two attached hydrogens (primary N) is 1. The number of anilines is 1. The van der Waals surface area contributed by atoms with E-state index in [4.69, 9.17) is 20.3 Å². The largest absolute Gasteiger partial charge is 0.481 e. The topological polar surface area (TPSA) is 154 Å². The zero-order valence-electron chi connectivity index (χ0n) is 16.9. The minimum Gasteiger partial charge on any atom is -0.481 e. The van der Waals surface area contributed by atoms with Crippen molar-refractivity contribution >= 4 is 17.8 Å². The Labute approximate surface area is 177 Å². The number of nitrogens with zero attached hydrogens (tertiary/aromatic N) is 2. The lowest BCUT2D eigenvalue weighted by Crippen LogP contribution is -2.42. The molecular weight excluding hydrogens is 420 g/mol. The minimum absolute atomic E-state index is 0.0824. The molecule has 0 aromatic carbocycles. The summed E-state index contributed by atoms with van der Waals surface area (Å²) in [6, 6.07) is 1.15. The molecule has 1 aromatic heterocycles. The zero-order valence-corrected chi connectivity index (χ0v) is 16.9. The highest BCUT2D eigenvalue weighted by Gasteiger charge is 2.60. The molecule has 3 atom stereocenters. The molecule has 0 unspecified atom stereocenters. The summed E-state index contributed by atoms with van der Waals surface area (Å²) in [5.41, 5.74) is 4.28. The molecule has 0 aliphatic carbocycles. The molecule has 1 aliphatic heterocycles. The fourth-order valence-electron chi connectivity index (χ4n) is 3.21. The molecular formula is C19H27F2N3O7. The summed E-state index contributed by atoms with van der Waals surface area (Å²) in [6.45, 7) is -0.585. The third kappa shape index (κ3) is 6.96. The van der Waals surface area contributed by atoms with Gasteiger partial charge in [-0.25, -0.2) is 4.79 Å². The number of hydrogen-bond donors (Lipinski definition) is 3. The lowest BCUT2D eigenvalue weighted by atomic mass is 10.1. The van der Waals surface area contributed by atoms with Gasteiger partial charge in [0.1, 0.15) is 18.5 Å². The number of aromatic nitrogens is 2. The highest BCUT2D eigenvalue weighted by atomic mass is 19.3. The summed E-state index contributed by atoms with van der Waals surface area (Å²) in [4.78, 5) is 37.4. The van der Waals surface area contributed by atoms with Crippen LogP contribution in [0.4, 0.5) is 14.6 Å². The standard InChI is InChI=1S/C19H27F2N3O7/c20-19(21)16(28)12(31-17(19)24-10-9-13(22)23-18(24)29)11-30-15(27)8-6-4-2-1-3-5-7-14(25)26/h9-10,12,16-17,28H,1-8,11H2,(H,25,26)(H2,22,23,29)/t12-,16-,17-/m1/s1. The molecule has 31 heavy (non-hydrogen) atoms. The van der Waals surface area contributed by atoms with Crippen LogP contribution in [0.2, 0.25) is 0 Å². The average molecular weight is 447 g/mol. The number of nitrogen functional groups attached to an aromatic ring is 1. The molecule has 0 saturated carbocycles. The number of carbonyl (C=O) groups excluding carboxylic acids is 1. The molecule has 0 bridgehead atoms. The molecule has 2 heterocycles. The fraction of sp³-hybridized carbons (Fsp3) is 0.684. The second-order valence-electron chi connectivity index (χ2n) is 7.39. The number of ether oxygens (including phenoxy) is 2. The number of unbranched alkanes of at least 4 members (excludes halogenated alkanes) is 5. The second-order valence-corrected chi connectivity index (χ2v) is 7.39. The van der Waals surface area contributed by atoms with Crippen LogP contribution in [-0.2, 0) is 19.1 Å². The third-order valence-electron chi connectivity index (χ3n) is 4.91. The van der Waals surface area contributed by atoms with Crippen LogP contribution in [0.1, 0.15) is 57.6 Å². The fourth-order valence-corrected chi connectivity index (χ4v) is 3.21. The number of carboxylic acid groups (broad SMARTS) is 1. The number of aliphatic hydroxyl groups is 1. The van der Waals surface area contributed by atoms with Gasteiger partial charge < -0.3 is 25.4 Å². The maximum Gasteiger partial charge on any atom is 0.351 e. The number of hydrogen-bond acceptors (Lipinski definition) is 8. The van der Waals surface area contributed by atoms with Gasteiger partial charge in [-0.05, 0) is 18.9 Å². The molecule has 174 valence electrons. The van der Waals surface area contributed by atoms with Gasteiger partial charge in [-0.1, -0.05) is 25.7 Å². The van der Waals surface area contributed by atoms with Crippen LogP contribution in [0, 0.1) is 0 Å². The molecule has 1 fully saturated rings. The number of rotatable bonds is 12. The maximum absolute atomic E-state index is 14.4. The Bertz CT molecular complexity index is 818. The van der Waals surface area contributed by atoms with E-state index in [1.165, 1.54) is 0 Å². The smallest absolute Gasteiger partial charge is 0.351 e. The van der Waals surface area contributed by atoms with Crippen LogP contribution >= 0.6 is 0 Å². The van der Waals surface area contributed by atoms with E-state index in [0.717, 1.165) is 37.9 Å². The molecule has 4 N–H and O–H groups in total. The average Bonchev–Trinajstić information content (AvgIpc) is 2.91. The lowest BCUT2D eigenvalue weighted by Gasteiger charge is -2.20. The van der Waals surface area contributed by atoms with E-state index >= 15 is 0 Å². The molecule has 0 amide bonds.